The first-order chi connectivity index (χ1) is 11.7. The van der Waals surface area contributed by atoms with E-state index < -0.39 is 5.97 Å². The molecule has 2 aliphatic rings. The highest BCUT2D eigenvalue weighted by molar-refractivity contribution is 5.95. The van der Waals surface area contributed by atoms with E-state index in [0.717, 1.165) is 44.6 Å². The van der Waals surface area contributed by atoms with Crippen molar-refractivity contribution in [2.24, 2.45) is 0 Å². The average Bonchev–Trinajstić information content (AvgIpc) is 2.62. The summed E-state index contributed by atoms with van der Waals surface area (Å²) in [6.07, 6.45) is 9.84. The lowest BCUT2D eigenvalue weighted by Crippen LogP contribution is -2.52. The maximum atomic E-state index is 11.8. The van der Waals surface area contributed by atoms with Gasteiger partial charge >= 0.3 is 5.97 Å². The summed E-state index contributed by atoms with van der Waals surface area (Å²) in [5.41, 5.74) is 2.67. The Labute approximate surface area is 145 Å². The molecule has 1 saturated heterocycles. The van der Waals surface area contributed by atoms with E-state index in [4.69, 9.17) is 0 Å². The van der Waals surface area contributed by atoms with Gasteiger partial charge in [-0.05, 0) is 43.7 Å². The van der Waals surface area contributed by atoms with E-state index in [9.17, 15) is 9.90 Å². The number of hydrogen-bond acceptors (Lipinski definition) is 3. The monoisotopic (exact) mass is 330 g/mol. The van der Waals surface area contributed by atoms with Crippen LogP contribution in [0.1, 0.15) is 67.8 Å². The molecule has 132 valence electrons. The summed E-state index contributed by atoms with van der Waals surface area (Å²) in [4.78, 5) is 16.8. The number of aromatic carboxylic acids is 1. The Morgan fingerprint density at radius 1 is 1.17 bits per heavy atom. The van der Waals surface area contributed by atoms with Gasteiger partial charge in [-0.2, -0.15) is 0 Å². The van der Waals surface area contributed by atoms with Gasteiger partial charge in [-0.1, -0.05) is 38.3 Å². The molecule has 1 N–H and O–H groups in total. The third-order valence-electron chi connectivity index (χ3n) is 5.47. The number of fused-ring (bicyclic) bond motifs is 1. The van der Waals surface area contributed by atoms with Crippen LogP contribution in [0.3, 0.4) is 0 Å². The summed E-state index contributed by atoms with van der Waals surface area (Å²) in [5.74, 6) is -0.799. The van der Waals surface area contributed by atoms with Gasteiger partial charge in [-0.25, -0.2) is 4.79 Å². The van der Waals surface area contributed by atoms with Gasteiger partial charge < -0.3 is 10.0 Å². The Bertz CT molecular complexity index is 567. The molecular formula is C20H30N2O2. The number of nitrogens with zero attached hydrogens (tertiary/aromatic N) is 2. The third kappa shape index (κ3) is 3.59. The van der Waals surface area contributed by atoms with Crippen LogP contribution in [0.2, 0.25) is 0 Å². The van der Waals surface area contributed by atoms with Crippen molar-refractivity contribution in [3.63, 3.8) is 0 Å². The molecular weight excluding hydrogens is 300 g/mol. The van der Waals surface area contributed by atoms with E-state index in [2.05, 4.69) is 22.8 Å². The van der Waals surface area contributed by atoms with Crippen molar-refractivity contribution in [3.05, 3.63) is 29.3 Å². The van der Waals surface area contributed by atoms with Crippen molar-refractivity contribution in [1.82, 2.24) is 4.90 Å². The Balaban J connectivity index is 1.95. The molecule has 1 fully saturated rings. The van der Waals surface area contributed by atoms with Crippen molar-refractivity contribution in [1.29, 1.82) is 0 Å². The molecule has 4 nitrogen and oxygen atoms in total. The van der Waals surface area contributed by atoms with Crippen LogP contribution in [0, 0.1) is 0 Å². The zero-order valence-electron chi connectivity index (χ0n) is 14.8. The van der Waals surface area contributed by atoms with Gasteiger partial charge in [0, 0.05) is 19.6 Å². The molecule has 24 heavy (non-hydrogen) atoms. The van der Waals surface area contributed by atoms with E-state index in [1.54, 1.807) is 6.07 Å². The van der Waals surface area contributed by atoms with Crippen molar-refractivity contribution in [2.45, 2.75) is 64.5 Å². The summed E-state index contributed by atoms with van der Waals surface area (Å²) in [5, 5.41) is 9.69. The quantitative estimate of drug-likeness (QED) is 0.851. The van der Waals surface area contributed by atoms with Gasteiger partial charge in [-0.3, -0.25) is 4.90 Å². The predicted octanol–water partition coefficient (Wildman–Crippen LogP) is 4.14. The number of piperidine rings is 1. The molecule has 1 atom stereocenters. The van der Waals surface area contributed by atoms with E-state index >= 15 is 0 Å². The van der Waals surface area contributed by atoms with Crippen LogP contribution >= 0.6 is 0 Å². The highest BCUT2D eigenvalue weighted by atomic mass is 16.4. The number of carbonyl (C=O) groups is 1. The van der Waals surface area contributed by atoms with Gasteiger partial charge in [0.2, 0.25) is 0 Å². The number of aryl methyl sites for hydroxylation is 1. The van der Waals surface area contributed by atoms with Crippen LogP contribution in [0.15, 0.2) is 18.2 Å². The summed E-state index contributed by atoms with van der Waals surface area (Å²) in [6.45, 7) is 5.51. The third-order valence-corrected chi connectivity index (χ3v) is 5.47. The molecule has 2 heterocycles. The number of carboxylic acids is 1. The number of benzene rings is 1. The lowest BCUT2D eigenvalue weighted by atomic mass is 9.95. The number of para-hydroxylation sites is 1. The number of anilines is 1. The van der Waals surface area contributed by atoms with E-state index in [0.29, 0.717) is 11.7 Å². The molecule has 4 heteroatoms. The Hall–Kier alpha value is -1.55. The first-order valence-electron chi connectivity index (χ1n) is 9.58. The minimum absolute atomic E-state index is 0.352. The Kier molecular flexibility index (Phi) is 5.77. The molecule has 1 aromatic carbocycles. The molecule has 1 unspecified atom stereocenters. The second-order valence-electron chi connectivity index (χ2n) is 7.13. The standard InChI is InChI=1S/C20H30N2O2/c1-2-3-12-18(21-13-5-4-6-14-21)22-15-8-10-16-9-7-11-17(19(16)22)20(23)24/h7,9,11,18H,2-6,8,10,12-15H2,1H3,(H,23,24). The molecule has 2 aliphatic heterocycles. The SMILES string of the molecule is CCCCC(N1CCCCC1)N1CCCc2cccc(C(=O)O)c21. The molecule has 0 aliphatic carbocycles. The van der Waals surface area contributed by atoms with E-state index in [1.165, 1.54) is 37.7 Å². The second-order valence-corrected chi connectivity index (χ2v) is 7.13. The number of likely N-dealkylation sites (tertiary alicyclic amines) is 1. The van der Waals surface area contributed by atoms with E-state index in [-0.39, 0.29) is 0 Å². The highest BCUT2D eigenvalue weighted by Crippen LogP contribution is 2.35. The minimum Gasteiger partial charge on any atom is -0.478 e. The van der Waals surface area contributed by atoms with Crippen LogP contribution in [-0.4, -0.2) is 41.8 Å². The zero-order valence-corrected chi connectivity index (χ0v) is 14.8. The summed E-state index contributed by atoms with van der Waals surface area (Å²) < 4.78 is 0. The van der Waals surface area contributed by atoms with Crippen LogP contribution < -0.4 is 4.90 Å². The number of unbranched alkanes of at least 4 members (excludes halogenated alkanes) is 1. The normalized spacial score (nSPS) is 19.8. The number of hydrogen-bond donors (Lipinski definition) is 1. The maximum absolute atomic E-state index is 11.8. The van der Waals surface area contributed by atoms with Crippen LogP contribution in [0.5, 0.6) is 0 Å². The Morgan fingerprint density at radius 2 is 1.96 bits per heavy atom. The van der Waals surface area contributed by atoms with Gasteiger partial charge in [0.1, 0.15) is 0 Å². The molecule has 0 bridgehead atoms. The fourth-order valence-electron chi connectivity index (χ4n) is 4.29. The Morgan fingerprint density at radius 3 is 2.67 bits per heavy atom. The van der Waals surface area contributed by atoms with Crippen molar-refractivity contribution < 1.29 is 9.90 Å². The molecule has 3 rings (SSSR count). The average molecular weight is 330 g/mol. The summed E-state index contributed by atoms with van der Waals surface area (Å²) >= 11 is 0. The fraction of sp³-hybridized carbons (Fsp3) is 0.650. The van der Waals surface area contributed by atoms with Crippen LogP contribution in [-0.2, 0) is 6.42 Å². The van der Waals surface area contributed by atoms with Gasteiger partial charge in [-0.15, -0.1) is 0 Å². The molecule has 0 spiro atoms. The lowest BCUT2D eigenvalue weighted by Gasteiger charge is -2.45. The van der Waals surface area contributed by atoms with Crippen LogP contribution in [0.4, 0.5) is 5.69 Å². The molecule has 0 aromatic heterocycles. The highest BCUT2D eigenvalue weighted by Gasteiger charge is 2.31. The van der Waals surface area contributed by atoms with Gasteiger partial charge in [0.05, 0.1) is 17.4 Å². The molecule has 0 amide bonds. The minimum atomic E-state index is -0.799. The fourth-order valence-corrected chi connectivity index (χ4v) is 4.29. The first-order valence-corrected chi connectivity index (χ1v) is 9.58. The number of rotatable bonds is 6. The lowest BCUT2D eigenvalue weighted by molar-refractivity contribution is 0.0696. The van der Waals surface area contributed by atoms with Crippen LogP contribution in [0.25, 0.3) is 0 Å². The topological polar surface area (TPSA) is 43.8 Å². The first kappa shape index (κ1) is 17.3. The molecule has 1 aromatic rings. The largest absolute Gasteiger partial charge is 0.478 e. The van der Waals surface area contributed by atoms with Crippen molar-refractivity contribution in [2.75, 3.05) is 24.5 Å². The second kappa shape index (κ2) is 8.02. The molecule has 0 saturated carbocycles. The zero-order chi connectivity index (χ0) is 16.9. The predicted molar refractivity (Wildman–Crippen MR) is 97.8 cm³/mol. The van der Waals surface area contributed by atoms with Crippen molar-refractivity contribution >= 4 is 11.7 Å². The van der Waals surface area contributed by atoms with E-state index in [1.807, 2.05) is 6.07 Å². The van der Waals surface area contributed by atoms with Gasteiger partial charge in [0.25, 0.3) is 0 Å². The molecule has 0 radical (unpaired) electrons. The van der Waals surface area contributed by atoms with Crippen molar-refractivity contribution in [3.8, 4) is 0 Å². The summed E-state index contributed by atoms with van der Waals surface area (Å²) in [6, 6.07) is 5.78. The summed E-state index contributed by atoms with van der Waals surface area (Å²) in [7, 11) is 0. The van der Waals surface area contributed by atoms with Gasteiger partial charge in [0.15, 0.2) is 0 Å². The smallest absolute Gasteiger partial charge is 0.337 e. The maximum Gasteiger partial charge on any atom is 0.337 e. The number of carboxylic acid groups (broad SMARTS) is 1.